The van der Waals surface area contributed by atoms with Gasteiger partial charge in [0.1, 0.15) is 3.70 Å². The number of aromatic nitrogens is 2. The highest BCUT2D eigenvalue weighted by molar-refractivity contribution is 14.1. The first-order valence-corrected chi connectivity index (χ1v) is 7.00. The van der Waals surface area contributed by atoms with Crippen LogP contribution in [0.3, 0.4) is 0 Å². The first-order valence-electron chi connectivity index (χ1n) is 5.92. The fourth-order valence-electron chi connectivity index (χ4n) is 3.43. The van der Waals surface area contributed by atoms with Crippen LogP contribution in [0.4, 0.5) is 0 Å². The Morgan fingerprint density at radius 3 is 2.87 bits per heavy atom. The van der Waals surface area contributed by atoms with Crippen molar-refractivity contribution >= 4 is 22.6 Å². The molecule has 0 saturated heterocycles. The molecule has 2 nitrogen and oxygen atoms in total. The van der Waals surface area contributed by atoms with Gasteiger partial charge in [0.25, 0.3) is 0 Å². The fraction of sp³-hybridized carbons (Fsp3) is 0.750. The van der Waals surface area contributed by atoms with E-state index < -0.39 is 0 Å². The standard InChI is InChI=1S/C12H17IN2/c1-8-6-15(14-12(8)13)7-11-5-9-2-3-10(11)4-9/h6,9-11H,2-5,7H2,1H3. The van der Waals surface area contributed by atoms with Crippen molar-refractivity contribution in [1.29, 1.82) is 0 Å². The van der Waals surface area contributed by atoms with Gasteiger partial charge in [-0.1, -0.05) is 6.42 Å². The summed E-state index contributed by atoms with van der Waals surface area (Å²) >= 11 is 2.32. The maximum Gasteiger partial charge on any atom is 0.126 e. The summed E-state index contributed by atoms with van der Waals surface area (Å²) in [5, 5.41) is 4.56. The summed E-state index contributed by atoms with van der Waals surface area (Å²) in [5.74, 6) is 2.98. The normalized spacial score (nSPS) is 33.9. The Kier molecular flexibility index (Phi) is 2.53. The molecule has 2 fully saturated rings. The van der Waals surface area contributed by atoms with Gasteiger partial charge in [-0.05, 0) is 66.5 Å². The van der Waals surface area contributed by atoms with Crippen molar-refractivity contribution in [2.45, 2.75) is 39.2 Å². The van der Waals surface area contributed by atoms with Gasteiger partial charge in [-0.3, -0.25) is 4.68 Å². The van der Waals surface area contributed by atoms with E-state index in [1.165, 1.54) is 31.2 Å². The molecule has 2 aliphatic carbocycles. The van der Waals surface area contributed by atoms with Crippen LogP contribution in [-0.2, 0) is 6.54 Å². The SMILES string of the molecule is Cc1cn(CC2CC3CCC2C3)nc1I. The molecule has 0 spiro atoms. The lowest BCUT2D eigenvalue weighted by molar-refractivity contribution is 0.285. The van der Waals surface area contributed by atoms with Crippen molar-refractivity contribution in [3.8, 4) is 0 Å². The highest BCUT2D eigenvalue weighted by Crippen LogP contribution is 2.48. The summed E-state index contributed by atoms with van der Waals surface area (Å²) in [6.45, 7) is 3.30. The zero-order valence-electron chi connectivity index (χ0n) is 9.12. The van der Waals surface area contributed by atoms with Crippen LogP contribution in [-0.4, -0.2) is 9.78 Å². The van der Waals surface area contributed by atoms with Crippen molar-refractivity contribution in [2.24, 2.45) is 17.8 Å². The second-order valence-corrected chi connectivity index (χ2v) is 6.28. The van der Waals surface area contributed by atoms with Gasteiger partial charge in [0.2, 0.25) is 0 Å². The van der Waals surface area contributed by atoms with Gasteiger partial charge in [-0.15, -0.1) is 0 Å². The zero-order valence-corrected chi connectivity index (χ0v) is 11.3. The molecule has 0 aliphatic heterocycles. The molecule has 1 aromatic rings. The number of halogens is 1. The molecule has 15 heavy (non-hydrogen) atoms. The maximum absolute atomic E-state index is 4.56. The summed E-state index contributed by atoms with van der Waals surface area (Å²) in [6, 6.07) is 0. The predicted octanol–water partition coefficient (Wildman–Crippen LogP) is 3.23. The largest absolute Gasteiger partial charge is 0.271 e. The third-order valence-corrected chi connectivity index (χ3v) is 5.26. The Morgan fingerprint density at radius 2 is 2.33 bits per heavy atom. The van der Waals surface area contributed by atoms with Crippen LogP contribution >= 0.6 is 22.6 Å². The number of hydrogen-bond acceptors (Lipinski definition) is 1. The van der Waals surface area contributed by atoms with Gasteiger partial charge in [0.05, 0.1) is 0 Å². The first kappa shape index (κ1) is 10.1. The number of nitrogens with zero attached hydrogens (tertiary/aromatic N) is 2. The van der Waals surface area contributed by atoms with Gasteiger partial charge in [-0.25, -0.2) is 0 Å². The fourth-order valence-corrected chi connectivity index (χ4v) is 3.85. The molecule has 2 saturated carbocycles. The smallest absolute Gasteiger partial charge is 0.126 e. The Bertz CT molecular complexity index is 352. The molecule has 3 heteroatoms. The highest BCUT2D eigenvalue weighted by atomic mass is 127. The quantitative estimate of drug-likeness (QED) is 0.766. The van der Waals surface area contributed by atoms with E-state index in [-0.39, 0.29) is 0 Å². The van der Waals surface area contributed by atoms with E-state index in [9.17, 15) is 0 Å². The van der Waals surface area contributed by atoms with Crippen LogP contribution < -0.4 is 0 Å². The molecule has 0 aromatic carbocycles. The summed E-state index contributed by atoms with van der Waals surface area (Å²) in [5.41, 5.74) is 1.32. The predicted molar refractivity (Wildman–Crippen MR) is 68.6 cm³/mol. The van der Waals surface area contributed by atoms with Crippen LogP contribution in [0.5, 0.6) is 0 Å². The maximum atomic E-state index is 4.56. The monoisotopic (exact) mass is 316 g/mol. The van der Waals surface area contributed by atoms with Crippen LogP contribution in [0, 0.1) is 28.4 Å². The summed E-state index contributed by atoms with van der Waals surface area (Å²) in [4.78, 5) is 0. The first-order chi connectivity index (χ1) is 7.22. The average Bonchev–Trinajstić information content (AvgIpc) is 2.84. The molecule has 82 valence electrons. The lowest BCUT2D eigenvalue weighted by atomic mass is 9.89. The lowest BCUT2D eigenvalue weighted by Gasteiger charge is -2.21. The van der Waals surface area contributed by atoms with Crippen molar-refractivity contribution < 1.29 is 0 Å². The molecule has 0 amide bonds. The molecule has 0 N–H and O–H groups in total. The number of fused-ring (bicyclic) bond motifs is 2. The van der Waals surface area contributed by atoms with E-state index in [0.29, 0.717) is 0 Å². The summed E-state index contributed by atoms with van der Waals surface area (Å²) in [7, 11) is 0. The Hall–Kier alpha value is -0.0600. The number of rotatable bonds is 2. The Morgan fingerprint density at radius 1 is 1.47 bits per heavy atom. The van der Waals surface area contributed by atoms with E-state index in [4.69, 9.17) is 0 Å². The van der Waals surface area contributed by atoms with Gasteiger partial charge < -0.3 is 0 Å². The van der Waals surface area contributed by atoms with Crippen molar-refractivity contribution in [2.75, 3.05) is 0 Å². The molecule has 0 radical (unpaired) electrons. The molecule has 1 aromatic heterocycles. The molecular weight excluding hydrogens is 299 g/mol. The second-order valence-electron chi connectivity index (χ2n) is 5.26. The van der Waals surface area contributed by atoms with Crippen LogP contribution in [0.15, 0.2) is 6.20 Å². The Balaban J connectivity index is 1.70. The average molecular weight is 316 g/mol. The minimum atomic E-state index is 0.916. The molecule has 3 rings (SSSR count). The molecule has 3 unspecified atom stereocenters. The molecule has 2 bridgehead atoms. The highest BCUT2D eigenvalue weighted by Gasteiger charge is 2.39. The molecule has 1 heterocycles. The minimum absolute atomic E-state index is 0.916. The van der Waals surface area contributed by atoms with E-state index in [1.807, 2.05) is 0 Å². The number of aryl methyl sites for hydroxylation is 1. The topological polar surface area (TPSA) is 17.8 Å². The van der Waals surface area contributed by atoms with Gasteiger partial charge in [0, 0.05) is 18.3 Å². The molecular formula is C12H17IN2. The van der Waals surface area contributed by atoms with E-state index in [0.717, 1.165) is 28.0 Å². The van der Waals surface area contributed by atoms with Crippen LogP contribution in [0.1, 0.15) is 31.2 Å². The zero-order chi connectivity index (χ0) is 10.4. The van der Waals surface area contributed by atoms with Gasteiger partial charge in [0.15, 0.2) is 0 Å². The van der Waals surface area contributed by atoms with Crippen molar-refractivity contribution in [3.05, 3.63) is 15.5 Å². The van der Waals surface area contributed by atoms with Gasteiger partial charge >= 0.3 is 0 Å². The second kappa shape index (κ2) is 3.75. The third-order valence-electron chi connectivity index (χ3n) is 4.19. The van der Waals surface area contributed by atoms with E-state index in [2.05, 4.69) is 45.5 Å². The van der Waals surface area contributed by atoms with Crippen molar-refractivity contribution in [3.63, 3.8) is 0 Å². The lowest BCUT2D eigenvalue weighted by Crippen LogP contribution is -2.17. The summed E-state index contributed by atoms with van der Waals surface area (Å²) in [6.07, 6.45) is 8.14. The van der Waals surface area contributed by atoms with Crippen molar-refractivity contribution in [1.82, 2.24) is 9.78 Å². The molecule has 2 aliphatic rings. The van der Waals surface area contributed by atoms with Crippen LogP contribution in [0.25, 0.3) is 0 Å². The third kappa shape index (κ3) is 1.83. The number of hydrogen-bond donors (Lipinski definition) is 0. The molecule has 3 atom stereocenters. The minimum Gasteiger partial charge on any atom is -0.271 e. The van der Waals surface area contributed by atoms with Crippen LogP contribution in [0.2, 0.25) is 0 Å². The van der Waals surface area contributed by atoms with E-state index in [1.54, 1.807) is 0 Å². The summed E-state index contributed by atoms with van der Waals surface area (Å²) < 4.78 is 3.33. The Labute approximate surface area is 105 Å². The van der Waals surface area contributed by atoms with Gasteiger partial charge in [-0.2, -0.15) is 5.10 Å². The van der Waals surface area contributed by atoms with E-state index >= 15 is 0 Å².